The maximum Gasteiger partial charge on any atom is 0.217 e. The van der Waals surface area contributed by atoms with Gasteiger partial charge < -0.3 is 5.73 Å². The summed E-state index contributed by atoms with van der Waals surface area (Å²) >= 11 is 0. The van der Waals surface area contributed by atoms with Crippen LogP contribution in [0.4, 0.5) is 0 Å². The first-order valence-corrected chi connectivity index (χ1v) is 4.49. The van der Waals surface area contributed by atoms with Gasteiger partial charge in [0.1, 0.15) is 0 Å². The van der Waals surface area contributed by atoms with Crippen molar-refractivity contribution in [2.45, 2.75) is 46.0 Å². The minimum absolute atomic E-state index is 0.159. The van der Waals surface area contributed by atoms with Crippen LogP contribution in [0.5, 0.6) is 0 Å². The lowest BCUT2D eigenvalue weighted by Crippen LogP contribution is -2.15. The summed E-state index contributed by atoms with van der Waals surface area (Å²) in [6, 6.07) is 0. The zero-order chi connectivity index (χ0) is 8.69. The molecule has 0 rings (SSSR count). The average Bonchev–Trinajstić information content (AvgIpc) is 1.97. The molecule has 66 valence electrons. The Morgan fingerprint density at radius 2 is 2.09 bits per heavy atom. The number of amides is 1. The van der Waals surface area contributed by atoms with E-state index in [1.165, 1.54) is 12.8 Å². The van der Waals surface area contributed by atoms with Crippen molar-refractivity contribution in [3.63, 3.8) is 0 Å². The van der Waals surface area contributed by atoms with Crippen molar-refractivity contribution in [2.24, 2.45) is 11.7 Å². The molecular formula is C9H19NO. The monoisotopic (exact) mass is 157 g/mol. The molecule has 0 bridgehead atoms. The third kappa shape index (κ3) is 5.89. The standard InChI is InChI=1S/C9H19NO/c1-3-5-6-8(4-2)7-9(10)11/h8H,3-7H2,1-2H3,(H2,10,11). The van der Waals surface area contributed by atoms with Crippen molar-refractivity contribution in [3.05, 3.63) is 0 Å². The van der Waals surface area contributed by atoms with Crippen molar-refractivity contribution in [2.75, 3.05) is 0 Å². The van der Waals surface area contributed by atoms with Gasteiger partial charge in [0.25, 0.3) is 0 Å². The molecule has 2 heteroatoms. The van der Waals surface area contributed by atoms with Gasteiger partial charge in [-0.25, -0.2) is 0 Å². The molecular weight excluding hydrogens is 138 g/mol. The molecule has 0 saturated carbocycles. The lowest BCUT2D eigenvalue weighted by molar-refractivity contribution is -0.119. The van der Waals surface area contributed by atoms with Gasteiger partial charge in [0.05, 0.1) is 0 Å². The molecule has 0 aromatic heterocycles. The number of carbonyl (C=O) groups is 1. The Bertz CT molecular complexity index is 112. The van der Waals surface area contributed by atoms with Gasteiger partial charge in [-0.1, -0.05) is 33.1 Å². The molecule has 0 aromatic rings. The Labute approximate surface area is 69.2 Å². The predicted molar refractivity (Wildman–Crippen MR) is 47.1 cm³/mol. The molecule has 11 heavy (non-hydrogen) atoms. The van der Waals surface area contributed by atoms with Gasteiger partial charge in [-0.05, 0) is 12.3 Å². The molecule has 1 atom stereocenters. The van der Waals surface area contributed by atoms with Crippen LogP contribution in [-0.4, -0.2) is 5.91 Å². The van der Waals surface area contributed by atoms with Gasteiger partial charge in [0.15, 0.2) is 0 Å². The highest BCUT2D eigenvalue weighted by Gasteiger charge is 2.08. The third-order valence-electron chi connectivity index (χ3n) is 2.03. The van der Waals surface area contributed by atoms with Gasteiger partial charge >= 0.3 is 0 Å². The average molecular weight is 157 g/mol. The quantitative estimate of drug-likeness (QED) is 0.630. The largest absolute Gasteiger partial charge is 0.370 e. The van der Waals surface area contributed by atoms with Crippen molar-refractivity contribution in [3.8, 4) is 0 Å². The Balaban J connectivity index is 3.49. The Morgan fingerprint density at radius 3 is 2.45 bits per heavy atom. The van der Waals surface area contributed by atoms with E-state index in [4.69, 9.17) is 5.73 Å². The number of unbranched alkanes of at least 4 members (excludes halogenated alkanes) is 1. The highest BCUT2D eigenvalue weighted by molar-refractivity contribution is 5.73. The number of hydrogen-bond acceptors (Lipinski definition) is 1. The SMILES string of the molecule is CCCCC(CC)CC(N)=O. The van der Waals surface area contributed by atoms with Crippen molar-refractivity contribution in [1.29, 1.82) is 0 Å². The van der Waals surface area contributed by atoms with Crippen molar-refractivity contribution < 1.29 is 4.79 Å². The van der Waals surface area contributed by atoms with Crippen LogP contribution in [-0.2, 0) is 4.79 Å². The van der Waals surface area contributed by atoms with Crippen LogP contribution in [0.1, 0.15) is 46.0 Å². The molecule has 0 aliphatic carbocycles. The molecule has 1 amide bonds. The molecule has 0 spiro atoms. The minimum Gasteiger partial charge on any atom is -0.370 e. The van der Waals surface area contributed by atoms with E-state index in [-0.39, 0.29) is 5.91 Å². The number of rotatable bonds is 6. The van der Waals surface area contributed by atoms with Crippen LogP contribution in [0, 0.1) is 5.92 Å². The molecule has 0 aliphatic rings. The number of primary amides is 1. The van der Waals surface area contributed by atoms with E-state index >= 15 is 0 Å². The molecule has 1 unspecified atom stereocenters. The summed E-state index contributed by atoms with van der Waals surface area (Å²) in [5.74, 6) is 0.361. The molecule has 0 saturated heterocycles. The lowest BCUT2D eigenvalue weighted by atomic mass is 9.96. The smallest absolute Gasteiger partial charge is 0.217 e. The highest BCUT2D eigenvalue weighted by Crippen LogP contribution is 2.15. The van der Waals surface area contributed by atoms with E-state index in [2.05, 4.69) is 13.8 Å². The van der Waals surface area contributed by atoms with Crippen LogP contribution >= 0.6 is 0 Å². The Kier molecular flexibility index (Phi) is 5.90. The van der Waals surface area contributed by atoms with Crippen LogP contribution < -0.4 is 5.73 Å². The molecule has 0 aliphatic heterocycles. The second kappa shape index (κ2) is 6.20. The fraction of sp³-hybridized carbons (Fsp3) is 0.889. The van der Waals surface area contributed by atoms with Gasteiger partial charge in [0.2, 0.25) is 5.91 Å². The maximum absolute atomic E-state index is 10.6. The van der Waals surface area contributed by atoms with Crippen LogP contribution in [0.25, 0.3) is 0 Å². The van der Waals surface area contributed by atoms with Crippen LogP contribution in [0.15, 0.2) is 0 Å². The summed E-state index contributed by atoms with van der Waals surface area (Å²) in [5.41, 5.74) is 5.10. The fourth-order valence-electron chi connectivity index (χ4n) is 1.23. The van der Waals surface area contributed by atoms with Crippen molar-refractivity contribution >= 4 is 5.91 Å². The predicted octanol–water partition coefficient (Wildman–Crippen LogP) is 2.08. The van der Waals surface area contributed by atoms with E-state index in [0.717, 1.165) is 12.8 Å². The van der Waals surface area contributed by atoms with Gasteiger partial charge in [-0.15, -0.1) is 0 Å². The highest BCUT2D eigenvalue weighted by atomic mass is 16.1. The second-order valence-corrected chi connectivity index (χ2v) is 3.09. The molecule has 0 fully saturated rings. The van der Waals surface area contributed by atoms with E-state index in [0.29, 0.717) is 12.3 Å². The van der Waals surface area contributed by atoms with E-state index in [9.17, 15) is 4.79 Å². The minimum atomic E-state index is -0.159. The topological polar surface area (TPSA) is 43.1 Å². The molecule has 0 aromatic carbocycles. The number of carbonyl (C=O) groups excluding carboxylic acids is 1. The summed E-state index contributed by atoms with van der Waals surface area (Å²) < 4.78 is 0. The molecule has 0 heterocycles. The molecule has 0 radical (unpaired) electrons. The molecule has 2 N–H and O–H groups in total. The maximum atomic E-state index is 10.6. The fourth-order valence-corrected chi connectivity index (χ4v) is 1.23. The summed E-state index contributed by atoms with van der Waals surface area (Å²) in [6.07, 6.45) is 5.20. The Morgan fingerprint density at radius 1 is 1.45 bits per heavy atom. The summed E-state index contributed by atoms with van der Waals surface area (Å²) in [5, 5.41) is 0. The van der Waals surface area contributed by atoms with Gasteiger partial charge in [-0.3, -0.25) is 4.79 Å². The number of nitrogens with two attached hydrogens (primary N) is 1. The van der Waals surface area contributed by atoms with Gasteiger partial charge in [-0.2, -0.15) is 0 Å². The zero-order valence-electron chi connectivity index (χ0n) is 7.60. The summed E-state index contributed by atoms with van der Waals surface area (Å²) in [7, 11) is 0. The molecule has 2 nitrogen and oxygen atoms in total. The lowest BCUT2D eigenvalue weighted by Gasteiger charge is -2.10. The summed E-state index contributed by atoms with van der Waals surface area (Å²) in [4.78, 5) is 10.6. The normalized spacial score (nSPS) is 12.9. The first-order valence-electron chi connectivity index (χ1n) is 4.49. The summed E-state index contributed by atoms with van der Waals surface area (Å²) in [6.45, 7) is 4.28. The zero-order valence-corrected chi connectivity index (χ0v) is 7.60. The van der Waals surface area contributed by atoms with E-state index in [1.807, 2.05) is 0 Å². The third-order valence-corrected chi connectivity index (χ3v) is 2.03. The first-order chi connectivity index (χ1) is 5.20. The van der Waals surface area contributed by atoms with E-state index < -0.39 is 0 Å². The van der Waals surface area contributed by atoms with Gasteiger partial charge in [0, 0.05) is 6.42 Å². The van der Waals surface area contributed by atoms with E-state index in [1.54, 1.807) is 0 Å². The first kappa shape index (κ1) is 10.5. The van der Waals surface area contributed by atoms with Crippen LogP contribution in [0.2, 0.25) is 0 Å². The second-order valence-electron chi connectivity index (χ2n) is 3.09. The Hall–Kier alpha value is -0.530. The van der Waals surface area contributed by atoms with Crippen molar-refractivity contribution in [1.82, 2.24) is 0 Å². The number of hydrogen-bond donors (Lipinski definition) is 1. The van der Waals surface area contributed by atoms with Crippen LogP contribution in [0.3, 0.4) is 0 Å².